The Labute approximate surface area is 313 Å². The lowest BCUT2D eigenvalue weighted by Crippen LogP contribution is -1.98. The summed E-state index contributed by atoms with van der Waals surface area (Å²) in [5, 5.41) is 14.3. The van der Waals surface area contributed by atoms with Crippen molar-refractivity contribution in [3.05, 3.63) is 187 Å². The Morgan fingerprint density at radius 1 is 0.444 bits per heavy atom. The van der Waals surface area contributed by atoms with Crippen LogP contribution in [0.1, 0.15) is 16.7 Å². The van der Waals surface area contributed by atoms with E-state index in [1.54, 1.807) is 0 Å². The van der Waals surface area contributed by atoms with Crippen LogP contribution in [0, 0.1) is 25.2 Å². The van der Waals surface area contributed by atoms with Crippen molar-refractivity contribution in [1.29, 1.82) is 5.26 Å². The third kappa shape index (κ3) is 4.87. The van der Waals surface area contributed by atoms with E-state index in [1.165, 1.54) is 38.5 Å². The Morgan fingerprint density at radius 3 is 1.54 bits per heavy atom. The first kappa shape index (κ1) is 31.5. The summed E-state index contributed by atoms with van der Waals surface area (Å²) in [6.07, 6.45) is 1.94. The number of aromatic nitrogens is 3. The van der Waals surface area contributed by atoms with Gasteiger partial charge in [-0.1, -0.05) is 97.1 Å². The molecule has 0 aliphatic heterocycles. The third-order valence-corrected chi connectivity index (χ3v) is 11.0. The van der Waals surface area contributed by atoms with Gasteiger partial charge < -0.3 is 9.13 Å². The standard InChI is InChI=1S/C50H34N4/c1-32-39(35-12-9-15-38(29-35)54-48-23-8-5-18-44(48)45-28-34(31-51)24-25-49(45)54)19-11-20-41(32)50-33(2)40(26-27-52-50)36-13-10-14-37(30-36)53-46-21-6-3-16-42(46)43-17-4-7-22-47(43)53/h3-30H,1-2H3. The first-order valence-electron chi connectivity index (χ1n) is 18.3. The quantitative estimate of drug-likeness (QED) is 0.180. The zero-order valence-corrected chi connectivity index (χ0v) is 30.0. The van der Waals surface area contributed by atoms with E-state index in [4.69, 9.17) is 4.98 Å². The minimum atomic E-state index is 0.662. The van der Waals surface area contributed by atoms with E-state index >= 15 is 0 Å². The van der Waals surface area contributed by atoms with Crippen LogP contribution in [0.15, 0.2) is 170 Å². The van der Waals surface area contributed by atoms with Crippen molar-refractivity contribution < 1.29 is 0 Å². The zero-order valence-electron chi connectivity index (χ0n) is 30.0. The molecule has 7 aromatic carbocycles. The lowest BCUT2D eigenvalue weighted by atomic mass is 9.91. The maximum absolute atomic E-state index is 9.62. The Kier molecular flexibility index (Phi) is 7.28. The van der Waals surface area contributed by atoms with Crippen LogP contribution in [-0.4, -0.2) is 14.1 Å². The highest BCUT2D eigenvalue weighted by molar-refractivity contribution is 6.10. The fourth-order valence-electron chi connectivity index (χ4n) is 8.47. The molecule has 0 saturated carbocycles. The normalized spacial score (nSPS) is 11.5. The lowest BCUT2D eigenvalue weighted by molar-refractivity contribution is 1.18. The molecule has 0 N–H and O–H groups in total. The van der Waals surface area contributed by atoms with Crippen LogP contribution in [0.4, 0.5) is 0 Å². The summed E-state index contributed by atoms with van der Waals surface area (Å²) in [5.41, 5.74) is 16.5. The van der Waals surface area contributed by atoms with Gasteiger partial charge in [0.1, 0.15) is 0 Å². The molecule has 0 amide bonds. The first-order chi connectivity index (χ1) is 26.6. The summed E-state index contributed by atoms with van der Waals surface area (Å²) in [7, 11) is 0. The van der Waals surface area contributed by atoms with Crippen molar-refractivity contribution in [2.24, 2.45) is 0 Å². The first-order valence-corrected chi connectivity index (χ1v) is 18.3. The SMILES string of the molecule is Cc1c(-c2cccc(-n3c4ccccc4c4cc(C#N)ccc43)c2)cccc1-c1nccc(-c2cccc(-n3c4ccccc4c4ccccc43)c2)c1C. The highest BCUT2D eigenvalue weighted by Crippen LogP contribution is 2.39. The highest BCUT2D eigenvalue weighted by atomic mass is 15.0. The smallest absolute Gasteiger partial charge is 0.0991 e. The summed E-state index contributed by atoms with van der Waals surface area (Å²) in [6, 6.07) is 60.3. The lowest BCUT2D eigenvalue weighted by Gasteiger charge is -2.17. The number of benzene rings is 7. The summed E-state index contributed by atoms with van der Waals surface area (Å²) < 4.78 is 4.67. The Bertz CT molecular complexity index is 3100. The van der Waals surface area contributed by atoms with E-state index in [2.05, 4.69) is 181 Å². The van der Waals surface area contributed by atoms with E-state index in [1.807, 2.05) is 18.3 Å². The largest absolute Gasteiger partial charge is 0.309 e. The van der Waals surface area contributed by atoms with Crippen molar-refractivity contribution in [3.63, 3.8) is 0 Å². The number of rotatable bonds is 5. The van der Waals surface area contributed by atoms with Crippen molar-refractivity contribution in [3.8, 4) is 51.0 Å². The molecule has 254 valence electrons. The van der Waals surface area contributed by atoms with E-state index < -0.39 is 0 Å². The number of hydrogen-bond donors (Lipinski definition) is 0. The van der Waals surface area contributed by atoms with Crippen LogP contribution >= 0.6 is 0 Å². The molecule has 54 heavy (non-hydrogen) atoms. The van der Waals surface area contributed by atoms with E-state index in [0.29, 0.717) is 5.56 Å². The van der Waals surface area contributed by atoms with Gasteiger partial charge in [0.15, 0.2) is 0 Å². The summed E-state index contributed by atoms with van der Waals surface area (Å²) in [4.78, 5) is 4.99. The average molecular weight is 691 g/mol. The van der Waals surface area contributed by atoms with Gasteiger partial charge in [0.25, 0.3) is 0 Å². The molecule has 4 heteroatoms. The maximum atomic E-state index is 9.62. The van der Waals surface area contributed by atoms with Gasteiger partial charge in [-0.25, -0.2) is 0 Å². The molecule has 0 aliphatic carbocycles. The molecule has 0 saturated heterocycles. The second-order valence-electron chi connectivity index (χ2n) is 14.0. The Morgan fingerprint density at radius 2 is 0.944 bits per heavy atom. The molecule has 0 spiro atoms. The maximum Gasteiger partial charge on any atom is 0.0991 e. The van der Waals surface area contributed by atoms with Gasteiger partial charge in [0.2, 0.25) is 0 Å². The molecule has 0 bridgehead atoms. The van der Waals surface area contributed by atoms with Gasteiger partial charge in [0, 0.05) is 44.7 Å². The van der Waals surface area contributed by atoms with Crippen LogP contribution in [0.5, 0.6) is 0 Å². The van der Waals surface area contributed by atoms with Gasteiger partial charge in [-0.15, -0.1) is 0 Å². The average Bonchev–Trinajstić information content (AvgIpc) is 3.74. The predicted octanol–water partition coefficient (Wildman–Crippen LogP) is 12.8. The van der Waals surface area contributed by atoms with Gasteiger partial charge in [0.05, 0.1) is 39.4 Å². The molecule has 0 fully saturated rings. The zero-order chi connectivity index (χ0) is 36.3. The molecule has 4 nitrogen and oxygen atoms in total. The minimum absolute atomic E-state index is 0.662. The monoisotopic (exact) mass is 690 g/mol. The topological polar surface area (TPSA) is 46.5 Å². The number of nitriles is 1. The van der Waals surface area contributed by atoms with Crippen molar-refractivity contribution in [2.45, 2.75) is 13.8 Å². The van der Waals surface area contributed by atoms with Crippen LogP contribution in [0.25, 0.3) is 88.5 Å². The van der Waals surface area contributed by atoms with E-state index in [9.17, 15) is 5.26 Å². The molecule has 10 aromatic rings. The molecule has 0 radical (unpaired) electrons. The molecular formula is C50H34N4. The number of nitrogens with zero attached hydrogens (tertiary/aromatic N) is 4. The van der Waals surface area contributed by atoms with Gasteiger partial charge in [-0.2, -0.15) is 5.26 Å². The summed E-state index contributed by atoms with van der Waals surface area (Å²) >= 11 is 0. The molecular weight excluding hydrogens is 657 g/mol. The van der Waals surface area contributed by atoms with Crippen LogP contribution in [0.3, 0.4) is 0 Å². The second kappa shape index (κ2) is 12.5. The van der Waals surface area contributed by atoms with Gasteiger partial charge >= 0.3 is 0 Å². The third-order valence-electron chi connectivity index (χ3n) is 11.0. The highest BCUT2D eigenvalue weighted by Gasteiger charge is 2.18. The van der Waals surface area contributed by atoms with Crippen LogP contribution in [-0.2, 0) is 0 Å². The number of fused-ring (bicyclic) bond motifs is 6. The molecule has 10 rings (SSSR count). The molecule has 0 unspecified atom stereocenters. The van der Waals surface area contributed by atoms with E-state index in [-0.39, 0.29) is 0 Å². The second-order valence-corrected chi connectivity index (χ2v) is 14.0. The van der Waals surface area contributed by atoms with Gasteiger partial charge in [-0.05, 0) is 114 Å². The molecule has 3 aromatic heterocycles. The predicted molar refractivity (Wildman–Crippen MR) is 223 cm³/mol. The summed E-state index contributed by atoms with van der Waals surface area (Å²) in [5.74, 6) is 0. The number of hydrogen-bond acceptors (Lipinski definition) is 2. The fourth-order valence-corrected chi connectivity index (χ4v) is 8.47. The van der Waals surface area contributed by atoms with E-state index in [0.717, 1.165) is 61.1 Å². The van der Waals surface area contributed by atoms with Gasteiger partial charge in [-0.3, -0.25) is 4.98 Å². The molecule has 0 aliphatic rings. The summed E-state index contributed by atoms with van der Waals surface area (Å²) in [6.45, 7) is 4.40. The molecule has 0 atom stereocenters. The Hall–Kier alpha value is -7.22. The van der Waals surface area contributed by atoms with Crippen LogP contribution < -0.4 is 0 Å². The van der Waals surface area contributed by atoms with Crippen LogP contribution in [0.2, 0.25) is 0 Å². The fraction of sp³-hybridized carbons (Fsp3) is 0.0400. The van der Waals surface area contributed by atoms with Crippen molar-refractivity contribution in [2.75, 3.05) is 0 Å². The minimum Gasteiger partial charge on any atom is -0.309 e. The van der Waals surface area contributed by atoms with Crippen molar-refractivity contribution in [1.82, 2.24) is 14.1 Å². The van der Waals surface area contributed by atoms with Crippen molar-refractivity contribution >= 4 is 43.6 Å². The molecule has 3 heterocycles. The number of para-hydroxylation sites is 3. The Balaban J connectivity index is 1.06. The number of pyridine rings is 1.